The standard InChI is InChI=1S/C16H18N2O3S/c1-22(20,21)16(7-8-16)15(19)17-9-6-12-10-13-4-2-3-5-14(13)18-11-12/h2-5,10-11H,6-9H2,1H3,(H,17,19). The zero-order valence-electron chi connectivity index (χ0n) is 12.4. The first-order valence-corrected chi connectivity index (χ1v) is 9.13. The summed E-state index contributed by atoms with van der Waals surface area (Å²) in [5.74, 6) is -0.372. The van der Waals surface area contributed by atoms with Crippen molar-refractivity contribution >= 4 is 26.6 Å². The number of amides is 1. The van der Waals surface area contributed by atoms with Crippen LogP contribution >= 0.6 is 0 Å². The van der Waals surface area contributed by atoms with Gasteiger partial charge in [0, 0.05) is 24.4 Å². The summed E-state index contributed by atoms with van der Waals surface area (Å²) in [4.78, 5) is 16.4. The number of sulfone groups is 1. The number of para-hydroxylation sites is 1. The molecule has 1 amide bonds. The maximum atomic E-state index is 12.1. The van der Waals surface area contributed by atoms with Gasteiger partial charge in [0.2, 0.25) is 5.91 Å². The Labute approximate surface area is 129 Å². The molecule has 5 nitrogen and oxygen atoms in total. The topological polar surface area (TPSA) is 76.1 Å². The molecule has 0 spiro atoms. The van der Waals surface area contributed by atoms with Gasteiger partial charge in [0.15, 0.2) is 14.6 Å². The van der Waals surface area contributed by atoms with Gasteiger partial charge < -0.3 is 5.32 Å². The fourth-order valence-electron chi connectivity index (χ4n) is 2.61. The Morgan fingerprint density at radius 3 is 2.73 bits per heavy atom. The molecule has 1 aliphatic rings. The third kappa shape index (κ3) is 2.70. The molecule has 1 saturated carbocycles. The molecular weight excluding hydrogens is 300 g/mol. The number of nitrogens with one attached hydrogen (secondary N) is 1. The second-order valence-electron chi connectivity index (χ2n) is 5.81. The van der Waals surface area contributed by atoms with Gasteiger partial charge in [0.25, 0.3) is 0 Å². The monoisotopic (exact) mass is 318 g/mol. The maximum absolute atomic E-state index is 12.1. The lowest BCUT2D eigenvalue weighted by molar-refractivity contribution is -0.121. The molecule has 0 aliphatic heterocycles. The van der Waals surface area contributed by atoms with Crippen LogP contribution in [0.1, 0.15) is 18.4 Å². The molecule has 1 heterocycles. The number of hydrogen-bond acceptors (Lipinski definition) is 4. The minimum absolute atomic E-state index is 0.372. The molecule has 3 rings (SSSR count). The summed E-state index contributed by atoms with van der Waals surface area (Å²) >= 11 is 0. The van der Waals surface area contributed by atoms with Crippen LogP contribution < -0.4 is 5.32 Å². The maximum Gasteiger partial charge on any atom is 0.241 e. The lowest BCUT2D eigenvalue weighted by Gasteiger charge is -2.13. The van der Waals surface area contributed by atoms with E-state index in [1.807, 2.05) is 30.3 Å². The zero-order valence-corrected chi connectivity index (χ0v) is 13.2. The van der Waals surface area contributed by atoms with Crippen LogP contribution in [0.2, 0.25) is 0 Å². The zero-order chi connectivity index (χ0) is 15.8. The first-order valence-electron chi connectivity index (χ1n) is 7.24. The number of rotatable bonds is 5. The molecule has 0 radical (unpaired) electrons. The van der Waals surface area contributed by atoms with Crippen molar-refractivity contribution in [3.05, 3.63) is 42.1 Å². The van der Waals surface area contributed by atoms with Crippen LogP contribution in [0.3, 0.4) is 0 Å². The Morgan fingerprint density at radius 2 is 2.05 bits per heavy atom. The molecule has 0 unspecified atom stereocenters. The van der Waals surface area contributed by atoms with Gasteiger partial charge >= 0.3 is 0 Å². The van der Waals surface area contributed by atoms with Crippen LogP contribution in [-0.2, 0) is 21.1 Å². The first-order chi connectivity index (χ1) is 10.4. The fourth-order valence-corrected chi connectivity index (χ4v) is 3.87. The van der Waals surface area contributed by atoms with E-state index in [1.54, 1.807) is 6.20 Å². The number of pyridine rings is 1. The molecule has 2 aromatic rings. The number of aromatic nitrogens is 1. The summed E-state index contributed by atoms with van der Waals surface area (Å²) in [5, 5.41) is 3.80. The fraction of sp³-hybridized carbons (Fsp3) is 0.375. The predicted molar refractivity (Wildman–Crippen MR) is 85.3 cm³/mol. The lowest BCUT2D eigenvalue weighted by atomic mass is 10.1. The van der Waals surface area contributed by atoms with E-state index in [0.29, 0.717) is 25.8 Å². The van der Waals surface area contributed by atoms with Crippen molar-refractivity contribution in [2.45, 2.75) is 24.0 Å². The van der Waals surface area contributed by atoms with Crippen molar-refractivity contribution in [2.24, 2.45) is 0 Å². The van der Waals surface area contributed by atoms with E-state index in [0.717, 1.165) is 22.7 Å². The SMILES string of the molecule is CS(=O)(=O)C1(C(=O)NCCc2cnc3ccccc3c2)CC1. The quantitative estimate of drug-likeness (QED) is 0.906. The molecule has 0 saturated heterocycles. The second kappa shape index (κ2) is 5.35. The van der Waals surface area contributed by atoms with E-state index in [-0.39, 0.29) is 5.91 Å². The van der Waals surface area contributed by atoms with Gasteiger partial charge in [-0.25, -0.2) is 8.42 Å². The van der Waals surface area contributed by atoms with Crippen LogP contribution in [0, 0.1) is 0 Å². The van der Waals surface area contributed by atoms with Gasteiger partial charge in [-0.2, -0.15) is 0 Å². The van der Waals surface area contributed by atoms with Crippen LogP contribution in [0.5, 0.6) is 0 Å². The molecule has 0 atom stereocenters. The van der Waals surface area contributed by atoms with E-state index in [2.05, 4.69) is 10.3 Å². The Kier molecular flexibility index (Phi) is 3.64. The third-order valence-corrected chi connectivity index (χ3v) is 6.19. The van der Waals surface area contributed by atoms with Gasteiger partial charge in [-0.15, -0.1) is 0 Å². The first kappa shape index (κ1) is 15.0. The average molecular weight is 318 g/mol. The summed E-state index contributed by atoms with van der Waals surface area (Å²) in [6, 6.07) is 9.88. The Hall–Kier alpha value is -1.95. The lowest BCUT2D eigenvalue weighted by Crippen LogP contribution is -2.42. The van der Waals surface area contributed by atoms with Gasteiger partial charge in [-0.05, 0) is 37.0 Å². The molecule has 116 valence electrons. The molecule has 1 N–H and O–H groups in total. The normalized spacial score (nSPS) is 16.4. The van der Waals surface area contributed by atoms with E-state index < -0.39 is 14.6 Å². The van der Waals surface area contributed by atoms with E-state index in [4.69, 9.17) is 0 Å². The van der Waals surface area contributed by atoms with Crippen LogP contribution in [0.4, 0.5) is 0 Å². The Bertz CT molecular complexity index is 826. The number of nitrogens with zero attached hydrogens (tertiary/aromatic N) is 1. The van der Waals surface area contributed by atoms with E-state index >= 15 is 0 Å². The number of fused-ring (bicyclic) bond motifs is 1. The van der Waals surface area contributed by atoms with Crippen molar-refractivity contribution < 1.29 is 13.2 Å². The molecule has 1 fully saturated rings. The van der Waals surface area contributed by atoms with Crippen LogP contribution in [-0.4, -0.2) is 36.9 Å². The van der Waals surface area contributed by atoms with Crippen molar-refractivity contribution in [2.75, 3.05) is 12.8 Å². The van der Waals surface area contributed by atoms with E-state index in [1.165, 1.54) is 0 Å². The van der Waals surface area contributed by atoms with Crippen molar-refractivity contribution in [3.63, 3.8) is 0 Å². The number of hydrogen-bond donors (Lipinski definition) is 1. The molecule has 1 aromatic heterocycles. The van der Waals surface area contributed by atoms with Gasteiger partial charge in [0.05, 0.1) is 5.52 Å². The summed E-state index contributed by atoms with van der Waals surface area (Å²) in [6.07, 6.45) is 4.40. The van der Waals surface area contributed by atoms with Crippen molar-refractivity contribution in [3.8, 4) is 0 Å². The highest BCUT2D eigenvalue weighted by Crippen LogP contribution is 2.43. The minimum Gasteiger partial charge on any atom is -0.354 e. The Morgan fingerprint density at radius 1 is 1.32 bits per heavy atom. The highest BCUT2D eigenvalue weighted by atomic mass is 32.2. The van der Waals surface area contributed by atoms with Crippen molar-refractivity contribution in [1.29, 1.82) is 0 Å². The number of carbonyl (C=O) groups is 1. The summed E-state index contributed by atoms with van der Waals surface area (Å²) in [6.45, 7) is 0.413. The number of carbonyl (C=O) groups excluding carboxylic acids is 1. The molecule has 1 aliphatic carbocycles. The van der Waals surface area contributed by atoms with Gasteiger partial charge in [0.1, 0.15) is 0 Å². The van der Waals surface area contributed by atoms with Crippen LogP contribution in [0.25, 0.3) is 10.9 Å². The molecule has 6 heteroatoms. The summed E-state index contributed by atoms with van der Waals surface area (Å²) in [7, 11) is -3.34. The highest BCUT2D eigenvalue weighted by molar-refractivity contribution is 7.93. The molecule has 1 aromatic carbocycles. The second-order valence-corrected chi connectivity index (χ2v) is 8.13. The minimum atomic E-state index is -3.34. The van der Waals surface area contributed by atoms with E-state index in [9.17, 15) is 13.2 Å². The highest BCUT2D eigenvalue weighted by Gasteiger charge is 2.58. The number of benzene rings is 1. The smallest absolute Gasteiger partial charge is 0.241 e. The third-order valence-electron chi connectivity index (χ3n) is 4.17. The van der Waals surface area contributed by atoms with Gasteiger partial charge in [-0.3, -0.25) is 9.78 Å². The van der Waals surface area contributed by atoms with Crippen molar-refractivity contribution in [1.82, 2.24) is 10.3 Å². The molecular formula is C16H18N2O3S. The largest absolute Gasteiger partial charge is 0.354 e. The Balaban J connectivity index is 1.62. The summed E-state index contributed by atoms with van der Waals surface area (Å²) < 4.78 is 22.2. The van der Waals surface area contributed by atoms with Crippen LogP contribution in [0.15, 0.2) is 36.5 Å². The molecule has 22 heavy (non-hydrogen) atoms. The molecule has 0 bridgehead atoms. The average Bonchev–Trinajstić information content (AvgIpc) is 3.28. The predicted octanol–water partition coefficient (Wildman–Crippen LogP) is 1.47. The van der Waals surface area contributed by atoms with Gasteiger partial charge in [-0.1, -0.05) is 18.2 Å². The summed E-state index contributed by atoms with van der Waals surface area (Å²) in [5.41, 5.74) is 1.95.